The molecule has 2 heterocycles. The van der Waals surface area contributed by atoms with Gasteiger partial charge >= 0.3 is 11.9 Å². The van der Waals surface area contributed by atoms with Crippen LogP contribution in [0.25, 0.3) is 22.4 Å². The second-order valence-corrected chi connectivity index (χ2v) is 4.83. The first-order valence-electron chi connectivity index (χ1n) is 6.65. The molecule has 0 radical (unpaired) electrons. The molecule has 0 spiro atoms. The number of hydrogen-bond acceptors (Lipinski definition) is 5. The maximum absolute atomic E-state index is 13.0. The lowest BCUT2D eigenvalue weighted by atomic mass is 10.1. The van der Waals surface area contributed by atoms with Gasteiger partial charge in [-0.2, -0.15) is 13.2 Å². The van der Waals surface area contributed by atoms with Gasteiger partial charge in [0.05, 0.1) is 24.6 Å². The number of fused-ring (bicyclic) bond motifs is 1. The molecule has 0 bridgehead atoms. The van der Waals surface area contributed by atoms with Crippen LogP contribution < -0.4 is 10.5 Å². The Morgan fingerprint density at radius 1 is 1.28 bits per heavy atom. The van der Waals surface area contributed by atoms with E-state index in [0.717, 1.165) is 19.4 Å². The smallest absolute Gasteiger partial charge is 0.418 e. The van der Waals surface area contributed by atoms with E-state index >= 15 is 0 Å². The number of halogens is 5. The van der Waals surface area contributed by atoms with Crippen LogP contribution in [0.5, 0.6) is 5.88 Å². The molecule has 6 nitrogen and oxygen atoms in total. The standard InChI is InChI=1S/C14H8F5N3O3/c1-24-12-9(11(15)16)21-7(4-20-12)5-2-3-6(14(17,18)19)8-10(5)25-13(23)22-8/h2-4,11H,1H3,(H,22,23). The SMILES string of the molecule is COc1ncc(-c2ccc(C(F)(F)F)c3[nH]c(=O)oc23)nc1C(F)F. The van der Waals surface area contributed by atoms with E-state index in [2.05, 4.69) is 14.7 Å². The van der Waals surface area contributed by atoms with Gasteiger partial charge in [0.15, 0.2) is 11.3 Å². The van der Waals surface area contributed by atoms with Crippen LogP contribution in [0, 0.1) is 0 Å². The fourth-order valence-corrected chi connectivity index (χ4v) is 2.29. The Morgan fingerprint density at radius 2 is 2.00 bits per heavy atom. The van der Waals surface area contributed by atoms with Gasteiger partial charge in [-0.1, -0.05) is 0 Å². The number of rotatable bonds is 3. The topological polar surface area (TPSA) is 81.0 Å². The third kappa shape index (κ3) is 2.92. The molecule has 0 aliphatic carbocycles. The third-order valence-corrected chi connectivity index (χ3v) is 3.33. The zero-order chi connectivity index (χ0) is 18.4. The molecule has 0 fully saturated rings. The summed E-state index contributed by atoms with van der Waals surface area (Å²) in [4.78, 5) is 20.6. The van der Waals surface area contributed by atoms with Gasteiger partial charge < -0.3 is 9.15 Å². The van der Waals surface area contributed by atoms with E-state index in [0.29, 0.717) is 6.07 Å². The fourth-order valence-electron chi connectivity index (χ4n) is 2.29. The van der Waals surface area contributed by atoms with Crippen molar-refractivity contribution >= 4 is 11.1 Å². The van der Waals surface area contributed by atoms with Gasteiger partial charge in [0.25, 0.3) is 6.43 Å². The normalized spacial score (nSPS) is 12.1. The highest BCUT2D eigenvalue weighted by molar-refractivity contribution is 5.91. The highest BCUT2D eigenvalue weighted by Crippen LogP contribution is 2.38. The molecule has 0 amide bonds. The van der Waals surface area contributed by atoms with Crippen LogP contribution in [0.4, 0.5) is 22.0 Å². The predicted octanol–water partition coefficient (Wildman–Crippen LogP) is 3.54. The van der Waals surface area contributed by atoms with Crippen molar-refractivity contribution in [2.75, 3.05) is 7.11 Å². The molecular weight excluding hydrogens is 353 g/mol. The summed E-state index contributed by atoms with van der Waals surface area (Å²) < 4.78 is 74.6. The lowest BCUT2D eigenvalue weighted by molar-refractivity contribution is -0.136. The maximum atomic E-state index is 13.0. The second-order valence-electron chi connectivity index (χ2n) is 4.83. The molecule has 3 rings (SSSR count). The molecular formula is C14H8F5N3O3. The fraction of sp³-hybridized carbons (Fsp3) is 0.214. The number of ether oxygens (including phenoxy) is 1. The van der Waals surface area contributed by atoms with Gasteiger partial charge in [-0.25, -0.2) is 23.5 Å². The summed E-state index contributed by atoms with van der Waals surface area (Å²) >= 11 is 0. The van der Waals surface area contributed by atoms with Crippen molar-refractivity contribution in [3.05, 3.63) is 40.1 Å². The number of methoxy groups -OCH3 is 1. The van der Waals surface area contributed by atoms with Crippen molar-refractivity contribution in [1.29, 1.82) is 0 Å². The molecule has 1 N–H and O–H groups in total. The first kappa shape index (κ1) is 16.9. The molecule has 11 heteroatoms. The molecule has 1 aromatic carbocycles. The Balaban J connectivity index is 2.27. The van der Waals surface area contributed by atoms with Crippen LogP contribution in [0.3, 0.4) is 0 Å². The molecule has 3 aromatic rings. The minimum Gasteiger partial charge on any atom is -0.480 e. The molecule has 0 atom stereocenters. The zero-order valence-electron chi connectivity index (χ0n) is 12.3. The number of nitrogens with zero attached hydrogens (tertiary/aromatic N) is 2. The zero-order valence-corrected chi connectivity index (χ0v) is 12.3. The van der Waals surface area contributed by atoms with E-state index in [9.17, 15) is 26.7 Å². The van der Waals surface area contributed by atoms with Crippen molar-refractivity contribution in [3.8, 4) is 17.1 Å². The summed E-state index contributed by atoms with van der Waals surface area (Å²) in [6.45, 7) is 0. The average Bonchev–Trinajstić information content (AvgIpc) is 2.93. The average molecular weight is 361 g/mol. The minimum atomic E-state index is -4.75. The quantitative estimate of drug-likeness (QED) is 0.722. The highest BCUT2D eigenvalue weighted by Gasteiger charge is 2.35. The Labute approximate surface area is 135 Å². The van der Waals surface area contributed by atoms with Crippen molar-refractivity contribution in [3.63, 3.8) is 0 Å². The van der Waals surface area contributed by atoms with E-state index in [1.54, 1.807) is 0 Å². The van der Waals surface area contributed by atoms with Gasteiger partial charge in [-0.05, 0) is 12.1 Å². The Bertz CT molecular complexity index is 994. The molecule has 0 saturated heterocycles. The van der Waals surface area contributed by atoms with Crippen LogP contribution in [0.1, 0.15) is 17.7 Å². The number of H-pyrrole nitrogens is 1. The number of aromatic nitrogens is 3. The molecule has 0 saturated carbocycles. The Hall–Kier alpha value is -2.98. The largest absolute Gasteiger partial charge is 0.480 e. The van der Waals surface area contributed by atoms with Crippen LogP contribution in [0.15, 0.2) is 27.5 Å². The first-order chi connectivity index (χ1) is 11.7. The lowest BCUT2D eigenvalue weighted by Crippen LogP contribution is -2.07. The van der Waals surface area contributed by atoms with Crippen LogP contribution in [-0.2, 0) is 6.18 Å². The summed E-state index contributed by atoms with van der Waals surface area (Å²) in [6.07, 6.45) is -6.74. The van der Waals surface area contributed by atoms with E-state index < -0.39 is 46.6 Å². The minimum absolute atomic E-state index is 0.0987. The van der Waals surface area contributed by atoms with Crippen molar-refractivity contribution in [2.24, 2.45) is 0 Å². The van der Waals surface area contributed by atoms with Gasteiger partial charge in [-0.15, -0.1) is 0 Å². The van der Waals surface area contributed by atoms with Gasteiger partial charge in [0.2, 0.25) is 5.88 Å². The first-order valence-corrected chi connectivity index (χ1v) is 6.65. The molecule has 0 aliphatic rings. The molecule has 25 heavy (non-hydrogen) atoms. The van der Waals surface area contributed by atoms with E-state index in [-0.39, 0.29) is 11.3 Å². The number of alkyl halides is 5. The lowest BCUT2D eigenvalue weighted by Gasteiger charge is -2.10. The summed E-state index contributed by atoms with van der Waals surface area (Å²) in [6, 6.07) is 1.66. The van der Waals surface area contributed by atoms with E-state index in [1.807, 2.05) is 4.98 Å². The van der Waals surface area contributed by atoms with E-state index in [4.69, 9.17) is 4.42 Å². The van der Waals surface area contributed by atoms with Crippen LogP contribution >= 0.6 is 0 Å². The molecule has 0 unspecified atom stereocenters. The third-order valence-electron chi connectivity index (χ3n) is 3.33. The number of nitrogens with one attached hydrogen (secondary N) is 1. The monoisotopic (exact) mass is 361 g/mol. The number of hydrogen-bond donors (Lipinski definition) is 1. The van der Waals surface area contributed by atoms with Crippen molar-refractivity contribution < 1.29 is 31.1 Å². The highest BCUT2D eigenvalue weighted by atomic mass is 19.4. The number of benzene rings is 1. The summed E-state index contributed by atoms with van der Waals surface area (Å²) in [5.41, 5.74) is -3.28. The van der Waals surface area contributed by atoms with Gasteiger partial charge in [0, 0.05) is 5.56 Å². The van der Waals surface area contributed by atoms with Crippen molar-refractivity contribution in [2.45, 2.75) is 12.6 Å². The number of oxazole rings is 1. The Kier molecular flexibility index (Phi) is 3.93. The summed E-state index contributed by atoms with van der Waals surface area (Å²) in [5.74, 6) is -1.54. The van der Waals surface area contributed by atoms with Gasteiger partial charge in [0.1, 0.15) is 5.52 Å². The maximum Gasteiger partial charge on any atom is 0.418 e. The molecule has 0 aliphatic heterocycles. The summed E-state index contributed by atoms with van der Waals surface area (Å²) in [7, 11) is 1.12. The predicted molar refractivity (Wildman–Crippen MR) is 74.4 cm³/mol. The Morgan fingerprint density at radius 3 is 2.60 bits per heavy atom. The number of aromatic amines is 1. The second kappa shape index (κ2) is 5.83. The van der Waals surface area contributed by atoms with E-state index in [1.165, 1.54) is 0 Å². The van der Waals surface area contributed by atoms with Crippen molar-refractivity contribution in [1.82, 2.24) is 15.0 Å². The van der Waals surface area contributed by atoms with Crippen LogP contribution in [-0.4, -0.2) is 22.1 Å². The molecule has 132 valence electrons. The molecule has 2 aromatic heterocycles. The van der Waals surface area contributed by atoms with Gasteiger partial charge in [-0.3, -0.25) is 4.98 Å². The summed E-state index contributed by atoms with van der Waals surface area (Å²) in [5, 5.41) is 0. The van der Waals surface area contributed by atoms with Crippen LogP contribution in [0.2, 0.25) is 0 Å².